The van der Waals surface area contributed by atoms with E-state index in [1.807, 2.05) is 85.1 Å². The monoisotopic (exact) mass is 949 g/mol. The van der Waals surface area contributed by atoms with Crippen molar-refractivity contribution in [1.29, 1.82) is 0 Å². The molecule has 0 amide bonds. The molecule has 69 heavy (non-hydrogen) atoms. The van der Waals surface area contributed by atoms with Crippen molar-refractivity contribution in [3.63, 3.8) is 0 Å². The number of allylic oxidation sites excluding steroid dienone is 26. The van der Waals surface area contributed by atoms with Gasteiger partial charge in [-0.15, -0.1) is 0 Å². The highest BCUT2D eigenvalue weighted by molar-refractivity contribution is 5.71. The van der Waals surface area contributed by atoms with E-state index in [-0.39, 0.29) is 37.5 Å². The van der Waals surface area contributed by atoms with Gasteiger partial charge in [0.15, 0.2) is 6.10 Å². The molecule has 6 nitrogen and oxygen atoms in total. The van der Waals surface area contributed by atoms with E-state index in [9.17, 15) is 14.4 Å². The Hall–Kier alpha value is -4.97. The average molecular weight is 949 g/mol. The maximum absolute atomic E-state index is 12.8. The largest absolute Gasteiger partial charge is 0.462 e. The topological polar surface area (TPSA) is 78.9 Å². The highest BCUT2D eigenvalue weighted by atomic mass is 16.6. The normalized spacial score (nSPS) is 13.4. The van der Waals surface area contributed by atoms with Crippen LogP contribution < -0.4 is 0 Å². The third-order valence-electron chi connectivity index (χ3n) is 10.8. The van der Waals surface area contributed by atoms with Crippen LogP contribution in [0.1, 0.15) is 201 Å². The molecule has 0 bridgehead atoms. The van der Waals surface area contributed by atoms with Crippen LogP contribution in [0.25, 0.3) is 0 Å². The molecule has 1 atom stereocenters. The lowest BCUT2D eigenvalue weighted by atomic mass is 10.1. The zero-order chi connectivity index (χ0) is 50.0. The molecule has 0 aromatic carbocycles. The molecule has 6 heteroatoms. The molecule has 384 valence electrons. The number of unbranched alkanes of at least 4 members (excludes halogenated alkanes) is 17. The van der Waals surface area contributed by atoms with Crippen LogP contribution in [-0.2, 0) is 28.6 Å². The predicted molar refractivity (Wildman–Crippen MR) is 297 cm³/mol. The quantitative estimate of drug-likeness (QED) is 0.0199. The van der Waals surface area contributed by atoms with Crippen LogP contribution in [0, 0.1) is 0 Å². The summed E-state index contributed by atoms with van der Waals surface area (Å²) in [5.74, 6) is -0.998. The summed E-state index contributed by atoms with van der Waals surface area (Å²) in [7, 11) is 0. The van der Waals surface area contributed by atoms with Crippen LogP contribution in [0.2, 0.25) is 0 Å². The number of carbonyl (C=O) groups excluding carboxylic acids is 3. The highest BCUT2D eigenvalue weighted by Gasteiger charge is 2.19. The van der Waals surface area contributed by atoms with E-state index >= 15 is 0 Å². The zero-order valence-corrected chi connectivity index (χ0v) is 43.8. The molecular weight excluding hydrogens is 853 g/mol. The molecule has 0 saturated heterocycles. The first kappa shape index (κ1) is 64.0. The van der Waals surface area contributed by atoms with Gasteiger partial charge in [0, 0.05) is 19.3 Å². The second-order valence-electron chi connectivity index (χ2n) is 17.2. The molecule has 0 fully saturated rings. The van der Waals surface area contributed by atoms with E-state index < -0.39 is 6.10 Å². The maximum Gasteiger partial charge on any atom is 0.306 e. The van der Waals surface area contributed by atoms with E-state index in [1.54, 1.807) is 0 Å². The van der Waals surface area contributed by atoms with Crippen molar-refractivity contribution in [2.75, 3.05) is 13.2 Å². The lowest BCUT2D eigenvalue weighted by molar-refractivity contribution is -0.167. The second-order valence-corrected chi connectivity index (χ2v) is 17.2. The SMILES string of the molecule is CC\C=C/C=C\C=C/C=C\C=C\C=C/CCCCCC(=O)OC(COC(=O)CCCCCCC\C=C/C=C\C=C/C=C\CC)COC(=O)CCCCCCCCCCC/C=C\C/C=C\C/C=C\CC. The van der Waals surface area contributed by atoms with Crippen molar-refractivity contribution in [1.82, 2.24) is 0 Å². The first-order valence-corrected chi connectivity index (χ1v) is 27.1. The number of esters is 3. The number of hydrogen-bond acceptors (Lipinski definition) is 6. The van der Waals surface area contributed by atoms with Gasteiger partial charge < -0.3 is 14.2 Å². The number of rotatable bonds is 46. The summed E-state index contributed by atoms with van der Waals surface area (Å²) >= 11 is 0. The summed E-state index contributed by atoms with van der Waals surface area (Å²) in [5.41, 5.74) is 0. The first-order valence-electron chi connectivity index (χ1n) is 27.1. The minimum Gasteiger partial charge on any atom is -0.462 e. The zero-order valence-electron chi connectivity index (χ0n) is 43.8. The van der Waals surface area contributed by atoms with Crippen LogP contribution in [0.4, 0.5) is 0 Å². The lowest BCUT2D eigenvalue weighted by Crippen LogP contribution is -2.30. The summed E-state index contributed by atoms with van der Waals surface area (Å²) in [4.78, 5) is 38.1. The number of hydrogen-bond donors (Lipinski definition) is 0. The van der Waals surface area contributed by atoms with Crippen molar-refractivity contribution in [3.05, 3.63) is 158 Å². The average Bonchev–Trinajstić information content (AvgIpc) is 3.35. The second kappa shape index (κ2) is 55.6. The Morgan fingerprint density at radius 2 is 0.594 bits per heavy atom. The van der Waals surface area contributed by atoms with E-state index in [1.165, 1.54) is 38.5 Å². The lowest BCUT2D eigenvalue weighted by Gasteiger charge is -2.18. The third-order valence-corrected chi connectivity index (χ3v) is 10.8. The Balaban J connectivity index is 4.55. The fraction of sp³-hybridized carbons (Fsp3) is 0.540. The van der Waals surface area contributed by atoms with E-state index in [2.05, 4.69) is 93.7 Å². The molecule has 0 aliphatic rings. The third kappa shape index (κ3) is 53.8. The van der Waals surface area contributed by atoms with Crippen LogP contribution in [-0.4, -0.2) is 37.2 Å². The van der Waals surface area contributed by atoms with E-state index in [4.69, 9.17) is 14.2 Å². The molecule has 0 aliphatic heterocycles. The maximum atomic E-state index is 12.8. The fourth-order valence-corrected chi connectivity index (χ4v) is 6.79. The molecule has 0 aromatic heterocycles. The van der Waals surface area contributed by atoms with Gasteiger partial charge in [-0.05, 0) is 89.9 Å². The predicted octanol–water partition coefficient (Wildman–Crippen LogP) is 18.2. The van der Waals surface area contributed by atoms with Crippen LogP contribution in [0.15, 0.2) is 158 Å². The van der Waals surface area contributed by atoms with Gasteiger partial charge in [-0.25, -0.2) is 0 Å². The minimum absolute atomic E-state index is 0.115. The fourth-order valence-electron chi connectivity index (χ4n) is 6.79. The van der Waals surface area contributed by atoms with Crippen molar-refractivity contribution >= 4 is 17.9 Å². The molecule has 0 aromatic rings. The summed E-state index contributed by atoms with van der Waals surface area (Å²) in [6, 6.07) is 0. The van der Waals surface area contributed by atoms with E-state index in [0.29, 0.717) is 19.3 Å². The van der Waals surface area contributed by atoms with Crippen LogP contribution in [0.3, 0.4) is 0 Å². The van der Waals surface area contributed by atoms with Gasteiger partial charge in [0.25, 0.3) is 0 Å². The number of carbonyl (C=O) groups is 3. The van der Waals surface area contributed by atoms with Gasteiger partial charge in [-0.1, -0.05) is 249 Å². The molecule has 0 spiro atoms. The minimum atomic E-state index is -0.822. The standard InChI is InChI=1S/C63H96O6/c1-4-7-10-13-16-19-22-25-28-30-31-33-35-38-41-44-47-50-53-56-62(65)68-59-60(58-67-61(64)55-52-49-46-43-40-37-34-27-24-21-18-15-12-9-6-3)69-63(66)57-54-51-48-45-42-39-36-32-29-26-23-20-17-14-11-8-5-2/h7-12,14-21,23-29,32,34,36,39,42,60H,4-6,13,22,30-31,33,35,37-38,40-41,43-59H2,1-3H3/b10-7-,11-8-,12-9-,17-14-,18-15-,19-16-,23-20-,24-21-,28-25-,29-26-,34-27-,36-32+,42-39-. The van der Waals surface area contributed by atoms with Crippen molar-refractivity contribution in [2.24, 2.45) is 0 Å². The smallest absolute Gasteiger partial charge is 0.306 e. The Morgan fingerprint density at radius 1 is 0.304 bits per heavy atom. The van der Waals surface area contributed by atoms with Gasteiger partial charge in [0.05, 0.1) is 0 Å². The van der Waals surface area contributed by atoms with Gasteiger partial charge >= 0.3 is 17.9 Å². The molecule has 0 rings (SSSR count). The molecular formula is C63H96O6. The Labute approximate surface area is 422 Å². The van der Waals surface area contributed by atoms with Crippen LogP contribution >= 0.6 is 0 Å². The van der Waals surface area contributed by atoms with Crippen molar-refractivity contribution in [3.8, 4) is 0 Å². The number of ether oxygens (including phenoxy) is 3. The van der Waals surface area contributed by atoms with Gasteiger partial charge in [-0.3, -0.25) is 14.4 Å². The van der Waals surface area contributed by atoms with E-state index in [0.717, 1.165) is 116 Å². The van der Waals surface area contributed by atoms with Gasteiger partial charge in [0.2, 0.25) is 0 Å². The summed E-state index contributed by atoms with van der Waals surface area (Å²) in [5, 5.41) is 0. The molecule has 1 unspecified atom stereocenters. The summed E-state index contributed by atoms with van der Waals surface area (Å²) < 4.78 is 16.8. The van der Waals surface area contributed by atoms with Crippen molar-refractivity contribution < 1.29 is 28.6 Å². The Bertz CT molecular complexity index is 1610. The Kier molecular flexibility index (Phi) is 51.6. The molecule has 0 heterocycles. The van der Waals surface area contributed by atoms with Gasteiger partial charge in [-0.2, -0.15) is 0 Å². The summed E-state index contributed by atoms with van der Waals surface area (Å²) in [6.45, 7) is 6.16. The van der Waals surface area contributed by atoms with Gasteiger partial charge in [0.1, 0.15) is 13.2 Å². The summed E-state index contributed by atoms with van der Waals surface area (Å²) in [6.07, 6.45) is 80.8. The molecule has 0 N–H and O–H groups in total. The molecule has 0 aliphatic carbocycles. The highest BCUT2D eigenvalue weighted by Crippen LogP contribution is 2.14. The Morgan fingerprint density at radius 3 is 1.00 bits per heavy atom. The molecule has 0 radical (unpaired) electrons. The van der Waals surface area contributed by atoms with Crippen molar-refractivity contribution in [2.45, 2.75) is 207 Å². The molecule has 0 saturated carbocycles. The van der Waals surface area contributed by atoms with Crippen LogP contribution in [0.5, 0.6) is 0 Å². The first-order chi connectivity index (χ1) is 34.0.